The van der Waals surface area contributed by atoms with Crippen molar-refractivity contribution in [1.82, 2.24) is 14.7 Å². The summed E-state index contributed by atoms with van der Waals surface area (Å²) in [4.78, 5) is 25.0. The summed E-state index contributed by atoms with van der Waals surface area (Å²) in [6.07, 6.45) is 7.90. The maximum absolute atomic E-state index is 12.7. The van der Waals surface area contributed by atoms with Crippen molar-refractivity contribution >= 4 is 17.6 Å². The lowest BCUT2D eigenvalue weighted by Gasteiger charge is -2.32. The zero-order valence-corrected chi connectivity index (χ0v) is 22.9. The van der Waals surface area contributed by atoms with E-state index < -0.39 is 5.97 Å². The SMILES string of the molecule is COCc1nn(-c2cccc(OC)c2)cc1C(Nc1ccc(C(=O)N(C)CCC(=O)O)cc1)C1CCCCC1. The molecule has 0 radical (unpaired) electrons. The van der Waals surface area contributed by atoms with Gasteiger partial charge in [-0.25, -0.2) is 4.68 Å². The van der Waals surface area contributed by atoms with E-state index in [1.807, 2.05) is 41.1 Å². The molecule has 4 rings (SSSR count). The van der Waals surface area contributed by atoms with Crippen molar-refractivity contribution in [1.29, 1.82) is 0 Å². The van der Waals surface area contributed by atoms with Gasteiger partial charge >= 0.3 is 5.97 Å². The van der Waals surface area contributed by atoms with Gasteiger partial charge in [0, 0.05) is 49.8 Å². The van der Waals surface area contributed by atoms with Gasteiger partial charge in [0.15, 0.2) is 0 Å². The Morgan fingerprint density at radius 1 is 1.13 bits per heavy atom. The number of amides is 1. The molecule has 1 amide bonds. The van der Waals surface area contributed by atoms with Gasteiger partial charge in [0.05, 0.1) is 37.6 Å². The Morgan fingerprint density at radius 2 is 1.87 bits per heavy atom. The normalized spacial score (nSPS) is 14.5. The van der Waals surface area contributed by atoms with Crippen LogP contribution in [0.3, 0.4) is 0 Å². The molecular formula is C30H38N4O5. The molecule has 0 spiro atoms. The Bertz CT molecular complexity index is 1250. The number of nitrogens with one attached hydrogen (secondary N) is 1. The van der Waals surface area contributed by atoms with Crippen LogP contribution in [0.2, 0.25) is 0 Å². The molecule has 39 heavy (non-hydrogen) atoms. The molecule has 0 saturated heterocycles. The van der Waals surface area contributed by atoms with Crippen molar-refractivity contribution in [2.24, 2.45) is 5.92 Å². The van der Waals surface area contributed by atoms with E-state index in [0.29, 0.717) is 18.1 Å². The second-order valence-electron chi connectivity index (χ2n) is 10.1. The lowest BCUT2D eigenvalue weighted by molar-refractivity contribution is -0.137. The number of methoxy groups -OCH3 is 2. The zero-order chi connectivity index (χ0) is 27.8. The van der Waals surface area contributed by atoms with Gasteiger partial charge in [-0.05, 0) is 55.2 Å². The Labute approximate surface area is 229 Å². The average Bonchev–Trinajstić information content (AvgIpc) is 3.38. The van der Waals surface area contributed by atoms with Crippen LogP contribution in [-0.4, -0.2) is 59.5 Å². The Balaban J connectivity index is 1.61. The number of nitrogens with zero attached hydrogens (tertiary/aromatic N) is 3. The molecule has 2 N–H and O–H groups in total. The molecule has 1 fully saturated rings. The maximum atomic E-state index is 12.7. The molecule has 0 aliphatic heterocycles. The van der Waals surface area contributed by atoms with Gasteiger partial charge < -0.3 is 24.8 Å². The van der Waals surface area contributed by atoms with E-state index in [-0.39, 0.29) is 24.9 Å². The van der Waals surface area contributed by atoms with Gasteiger partial charge in [-0.15, -0.1) is 0 Å². The minimum atomic E-state index is -0.925. The van der Waals surface area contributed by atoms with Crippen molar-refractivity contribution in [3.05, 3.63) is 71.5 Å². The van der Waals surface area contributed by atoms with Crippen LogP contribution < -0.4 is 10.1 Å². The predicted octanol–water partition coefficient (Wildman–Crippen LogP) is 5.31. The Morgan fingerprint density at radius 3 is 2.54 bits per heavy atom. The second kappa shape index (κ2) is 13.3. The number of rotatable bonds is 12. The molecule has 9 heteroatoms. The number of carbonyl (C=O) groups excluding carboxylic acids is 1. The molecule has 208 valence electrons. The van der Waals surface area contributed by atoms with Gasteiger partial charge in [0.1, 0.15) is 5.75 Å². The first kappa shape index (κ1) is 28.2. The number of benzene rings is 2. The van der Waals surface area contributed by atoms with Crippen molar-refractivity contribution in [2.45, 2.75) is 51.2 Å². The van der Waals surface area contributed by atoms with Gasteiger partial charge in [-0.1, -0.05) is 25.3 Å². The largest absolute Gasteiger partial charge is 0.497 e. The minimum Gasteiger partial charge on any atom is -0.497 e. The highest BCUT2D eigenvalue weighted by Gasteiger charge is 2.29. The van der Waals surface area contributed by atoms with Crippen molar-refractivity contribution in [3.63, 3.8) is 0 Å². The van der Waals surface area contributed by atoms with Crippen LogP contribution in [0.5, 0.6) is 5.75 Å². The third-order valence-electron chi connectivity index (χ3n) is 7.34. The fraction of sp³-hybridized carbons (Fsp3) is 0.433. The van der Waals surface area contributed by atoms with Crippen molar-refractivity contribution in [2.75, 3.05) is 33.1 Å². The van der Waals surface area contributed by atoms with E-state index in [0.717, 1.165) is 41.2 Å². The number of aliphatic carboxylic acids is 1. The summed E-state index contributed by atoms with van der Waals surface area (Å²) in [5.41, 5.74) is 4.33. The first-order valence-electron chi connectivity index (χ1n) is 13.4. The van der Waals surface area contributed by atoms with Crippen LogP contribution >= 0.6 is 0 Å². The van der Waals surface area contributed by atoms with Crippen LogP contribution in [0.1, 0.15) is 66.2 Å². The monoisotopic (exact) mass is 534 g/mol. The summed E-state index contributed by atoms with van der Waals surface area (Å²) in [5, 5.41) is 17.6. The highest BCUT2D eigenvalue weighted by molar-refractivity contribution is 5.94. The van der Waals surface area contributed by atoms with Crippen LogP contribution in [0, 0.1) is 5.92 Å². The smallest absolute Gasteiger partial charge is 0.305 e. The third kappa shape index (κ3) is 7.17. The first-order chi connectivity index (χ1) is 18.9. The minimum absolute atomic E-state index is 0.0228. The standard InChI is InChI=1S/C30H38N4O5/c1-33(17-16-28(35)36)30(37)22-12-14-23(15-13-22)31-29(21-8-5-4-6-9-21)26-19-34(32-27(26)20-38-2)24-10-7-11-25(18-24)39-3/h7,10-15,18-19,21,29,31H,4-6,8-9,16-17,20H2,1-3H3,(H,35,36). The fourth-order valence-corrected chi connectivity index (χ4v) is 5.21. The fourth-order valence-electron chi connectivity index (χ4n) is 5.21. The molecule has 1 saturated carbocycles. The molecule has 1 atom stereocenters. The highest BCUT2D eigenvalue weighted by atomic mass is 16.5. The van der Waals surface area contributed by atoms with E-state index in [2.05, 4.69) is 11.5 Å². The Hall–Kier alpha value is -3.85. The summed E-state index contributed by atoms with van der Waals surface area (Å²) < 4.78 is 12.8. The van der Waals surface area contributed by atoms with E-state index in [1.54, 1.807) is 33.4 Å². The van der Waals surface area contributed by atoms with Crippen LogP contribution in [0.15, 0.2) is 54.7 Å². The molecule has 0 bridgehead atoms. The average molecular weight is 535 g/mol. The quantitative estimate of drug-likeness (QED) is 0.324. The van der Waals surface area contributed by atoms with Gasteiger partial charge in [-0.3, -0.25) is 9.59 Å². The van der Waals surface area contributed by atoms with Gasteiger partial charge in [-0.2, -0.15) is 5.10 Å². The molecule has 1 aliphatic rings. The van der Waals surface area contributed by atoms with Crippen LogP contribution in [-0.2, 0) is 16.1 Å². The lowest BCUT2D eigenvalue weighted by atomic mass is 9.81. The zero-order valence-electron chi connectivity index (χ0n) is 22.9. The number of aromatic nitrogens is 2. The summed E-state index contributed by atoms with van der Waals surface area (Å²) in [5.74, 6) is 0.0721. The number of hydrogen-bond acceptors (Lipinski definition) is 6. The van der Waals surface area contributed by atoms with Gasteiger partial charge in [0.25, 0.3) is 5.91 Å². The highest BCUT2D eigenvalue weighted by Crippen LogP contribution is 2.38. The molecular weight excluding hydrogens is 496 g/mol. The summed E-state index contributed by atoms with van der Waals surface area (Å²) in [6, 6.07) is 15.2. The first-order valence-corrected chi connectivity index (χ1v) is 13.4. The van der Waals surface area contributed by atoms with Crippen LogP contribution in [0.25, 0.3) is 5.69 Å². The molecule has 1 aliphatic carbocycles. The number of anilines is 1. The van der Waals surface area contributed by atoms with E-state index in [4.69, 9.17) is 19.7 Å². The molecule has 2 aromatic carbocycles. The van der Waals surface area contributed by atoms with Crippen molar-refractivity contribution < 1.29 is 24.2 Å². The lowest BCUT2D eigenvalue weighted by Crippen LogP contribution is -2.29. The van der Waals surface area contributed by atoms with Crippen molar-refractivity contribution in [3.8, 4) is 11.4 Å². The van der Waals surface area contributed by atoms with E-state index >= 15 is 0 Å². The summed E-state index contributed by atoms with van der Waals surface area (Å²) >= 11 is 0. The molecule has 1 aromatic heterocycles. The number of hydrogen-bond donors (Lipinski definition) is 2. The predicted molar refractivity (Wildman–Crippen MR) is 149 cm³/mol. The number of carboxylic acids is 1. The maximum Gasteiger partial charge on any atom is 0.305 e. The third-order valence-corrected chi connectivity index (χ3v) is 7.34. The molecule has 9 nitrogen and oxygen atoms in total. The molecule has 1 unspecified atom stereocenters. The Kier molecular flexibility index (Phi) is 9.59. The molecule has 1 heterocycles. The number of carbonyl (C=O) groups is 2. The topological polar surface area (TPSA) is 106 Å². The van der Waals surface area contributed by atoms with Gasteiger partial charge in [0.2, 0.25) is 0 Å². The number of ether oxygens (including phenoxy) is 2. The summed E-state index contributed by atoms with van der Waals surface area (Å²) in [7, 11) is 4.95. The molecule has 3 aromatic rings. The van der Waals surface area contributed by atoms with E-state index in [1.165, 1.54) is 24.2 Å². The van der Waals surface area contributed by atoms with Crippen LogP contribution in [0.4, 0.5) is 5.69 Å². The second-order valence-corrected chi connectivity index (χ2v) is 10.1. The van der Waals surface area contributed by atoms with E-state index in [9.17, 15) is 9.59 Å². The summed E-state index contributed by atoms with van der Waals surface area (Å²) in [6.45, 7) is 0.560. The number of carboxylic acid groups (broad SMARTS) is 1.